The quantitative estimate of drug-likeness (QED) is 0.706. The van der Waals surface area contributed by atoms with E-state index in [2.05, 4.69) is 18.7 Å². The molecule has 94 valence electrons. The predicted octanol–water partition coefficient (Wildman–Crippen LogP) is 3.32. The van der Waals surface area contributed by atoms with E-state index in [1.807, 2.05) is 13.8 Å². The molecule has 0 aromatic carbocycles. The van der Waals surface area contributed by atoms with Crippen molar-refractivity contribution in [2.24, 2.45) is 17.8 Å². The molecule has 16 heavy (non-hydrogen) atoms. The van der Waals surface area contributed by atoms with Crippen molar-refractivity contribution in [1.82, 2.24) is 4.90 Å². The summed E-state index contributed by atoms with van der Waals surface area (Å²) in [5.74, 6) is 2.48. The molecule has 0 radical (unpaired) electrons. The van der Waals surface area contributed by atoms with Crippen LogP contribution in [-0.4, -0.2) is 23.9 Å². The van der Waals surface area contributed by atoms with Crippen molar-refractivity contribution in [2.45, 2.75) is 53.4 Å². The highest BCUT2D eigenvalue weighted by Gasteiger charge is 2.35. The molecule has 2 heteroatoms. The van der Waals surface area contributed by atoms with Gasteiger partial charge in [0.2, 0.25) is 5.91 Å². The lowest BCUT2D eigenvalue weighted by atomic mass is 9.86. The van der Waals surface area contributed by atoms with Crippen LogP contribution in [0.5, 0.6) is 0 Å². The van der Waals surface area contributed by atoms with Crippen LogP contribution in [0.3, 0.4) is 0 Å². The lowest BCUT2D eigenvalue weighted by Crippen LogP contribution is -2.40. The van der Waals surface area contributed by atoms with E-state index in [9.17, 15) is 4.79 Å². The molecular weight excluding hydrogens is 198 g/mol. The Bertz CT molecular complexity index is 213. The van der Waals surface area contributed by atoms with E-state index in [1.54, 1.807) is 0 Å². The van der Waals surface area contributed by atoms with Gasteiger partial charge in [-0.2, -0.15) is 0 Å². The normalized spacial score (nSPS) is 21.7. The third-order valence-electron chi connectivity index (χ3n) is 3.72. The third kappa shape index (κ3) is 3.50. The first kappa shape index (κ1) is 13.5. The second-order valence-corrected chi connectivity index (χ2v) is 5.18. The molecule has 2 aliphatic rings. The number of hydrogen-bond donors (Lipinski definition) is 0. The first-order chi connectivity index (χ1) is 7.68. The number of hydrogen-bond acceptors (Lipinski definition) is 1. The molecule has 0 atom stereocenters. The van der Waals surface area contributed by atoms with Gasteiger partial charge < -0.3 is 4.90 Å². The fraction of sp³-hybridized carbons (Fsp3) is 0.929. The Kier molecular flexibility index (Phi) is 5.30. The van der Waals surface area contributed by atoms with Crippen molar-refractivity contribution in [3.05, 3.63) is 0 Å². The fourth-order valence-electron chi connectivity index (χ4n) is 2.37. The van der Waals surface area contributed by atoms with Crippen molar-refractivity contribution in [3.8, 4) is 0 Å². The molecule has 1 saturated carbocycles. The van der Waals surface area contributed by atoms with Crippen LogP contribution < -0.4 is 0 Å². The van der Waals surface area contributed by atoms with Crippen LogP contribution in [0.15, 0.2) is 0 Å². The van der Waals surface area contributed by atoms with Crippen LogP contribution in [0.25, 0.3) is 0 Å². The average Bonchev–Trinajstić information content (AvgIpc) is 3.15. The Hall–Kier alpha value is -0.530. The van der Waals surface area contributed by atoms with Gasteiger partial charge in [0.25, 0.3) is 0 Å². The molecule has 0 unspecified atom stereocenters. The van der Waals surface area contributed by atoms with Gasteiger partial charge in [-0.1, -0.05) is 27.7 Å². The summed E-state index contributed by atoms with van der Waals surface area (Å²) in [6.07, 6.45) is 4.72. The lowest BCUT2D eigenvalue weighted by molar-refractivity contribution is -0.134. The highest BCUT2D eigenvalue weighted by atomic mass is 16.2. The third-order valence-corrected chi connectivity index (χ3v) is 3.72. The number of likely N-dealkylation sites (tertiary alicyclic amines) is 1. The van der Waals surface area contributed by atoms with Gasteiger partial charge in [-0.05, 0) is 37.5 Å². The molecule has 2 fully saturated rings. The molecule has 0 aromatic rings. The first-order valence-corrected chi connectivity index (χ1v) is 6.97. The van der Waals surface area contributed by atoms with Gasteiger partial charge in [0.05, 0.1) is 0 Å². The molecule has 1 saturated heterocycles. The van der Waals surface area contributed by atoms with Crippen LogP contribution in [0, 0.1) is 17.8 Å². The molecule has 0 N–H and O–H groups in total. The van der Waals surface area contributed by atoms with Gasteiger partial charge in [-0.15, -0.1) is 0 Å². The van der Waals surface area contributed by atoms with Gasteiger partial charge >= 0.3 is 0 Å². The van der Waals surface area contributed by atoms with Crippen LogP contribution in [0.2, 0.25) is 0 Å². The second kappa shape index (κ2) is 6.27. The highest BCUT2D eigenvalue weighted by molar-refractivity contribution is 5.81. The Morgan fingerprint density at radius 1 is 1.06 bits per heavy atom. The molecule has 0 spiro atoms. The zero-order chi connectivity index (χ0) is 12.1. The molecule has 0 aromatic heterocycles. The van der Waals surface area contributed by atoms with Gasteiger partial charge in [0.15, 0.2) is 0 Å². The highest BCUT2D eigenvalue weighted by Crippen LogP contribution is 2.33. The van der Waals surface area contributed by atoms with E-state index in [-0.39, 0.29) is 0 Å². The van der Waals surface area contributed by atoms with E-state index in [1.165, 1.54) is 12.8 Å². The Balaban J connectivity index is 0.000000606. The van der Waals surface area contributed by atoms with Gasteiger partial charge in [0, 0.05) is 19.0 Å². The minimum Gasteiger partial charge on any atom is -0.342 e. The van der Waals surface area contributed by atoms with E-state index in [4.69, 9.17) is 0 Å². The van der Waals surface area contributed by atoms with Crippen molar-refractivity contribution in [2.75, 3.05) is 13.1 Å². The zero-order valence-corrected chi connectivity index (χ0v) is 11.3. The Labute approximate surface area is 100 Å². The maximum Gasteiger partial charge on any atom is 0.225 e. The summed E-state index contributed by atoms with van der Waals surface area (Å²) in [4.78, 5) is 13.9. The number of carbonyl (C=O) groups is 1. The maximum atomic E-state index is 11.8. The summed E-state index contributed by atoms with van der Waals surface area (Å²) in [5.41, 5.74) is 0. The van der Waals surface area contributed by atoms with E-state index >= 15 is 0 Å². The van der Waals surface area contributed by atoms with Gasteiger partial charge in [-0.3, -0.25) is 4.79 Å². The summed E-state index contributed by atoms with van der Waals surface area (Å²) in [7, 11) is 0. The summed E-state index contributed by atoms with van der Waals surface area (Å²) in [6.45, 7) is 10.6. The summed E-state index contributed by atoms with van der Waals surface area (Å²) >= 11 is 0. The Morgan fingerprint density at radius 3 is 1.94 bits per heavy atom. The minimum atomic E-state index is 0.408. The molecule has 2 nitrogen and oxygen atoms in total. The molecule has 0 bridgehead atoms. The zero-order valence-electron chi connectivity index (χ0n) is 11.3. The second-order valence-electron chi connectivity index (χ2n) is 5.18. The van der Waals surface area contributed by atoms with E-state index < -0.39 is 0 Å². The number of rotatable bonds is 2. The van der Waals surface area contributed by atoms with E-state index in [0.29, 0.717) is 11.8 Å². The molecule has 1 amide bonds. The topological polar surface area (TPSA) is 20.3 Å². The summed E-state index contributed by atoms with van der Waals surface area (Å²) in [6, 6.07) is 0. The number of nitrogens with zero attached hydrogens (tertiary/aromatic N) is 1. The van der Waals surface area contributed by atoms with Crippen molar-refractivity contribution in [1.29, 1.82) is 0 Å². The van der Waals surface area contributed by atoms with Crippen LogP contribution in [0.4, 0.5) is 0 Å². The molecular formula is C14H27NO. The van der Waals surface area contributed by atoms with Crippen molar-refractivity contribution < 1.29 is 4.79 Å². The molecule has 1 aliphatic carbocycles. The average molecular weight is 225 g/mol. The first-order valence-electron chi connectivity index (χ1n) is 6.97. The molecule has 1 heterocycles. The summed E-state index contributed by atoms with van der Waals surface area (Å²) in [5, 5.41) is 0. The predicted molar refractivity (Wildman–Crippen MR) is 68.2 cm³/mol. The number of piperidine rings is 1. The van der Waals surface area contributed by atoms with Crippen molar-refractivity contribution >= 4 is 5.91 Å². The van der Waals surface area contributed by atoms with Crippen LogP contribution in [-0.2, 0) is 4.79 Å². The summed E-state index contributed by atoms with van der Waals surface area (Å²) < 4.78 is 0. The molecule has 1 aliphatic heterocycles. The SMILES string of the molecule is CC.CC(C)C1CCN(C(=O)C2CC2)CC1. The number of amides is 1. The smallest absolute Gasteiger partial charge is 0.225 e. The van der Waals surface area contributed by atoms with Gasteiger partial charge in [-0.25, -0.2) is 0 Å². The fourth-order valence-corrected chi connectivity index (χ4v) is 2.37. The van der Waals surface area contributed by atoms with Crippen LogP contribution in [0.1, 0.15) is 53.4 Å². The van der Waals surface area contributed by atoms with Crippen molar-refractivity contribution in [3.63, 3.8) is 0 Å². The Morgan fingerprint density at radius 2 is 1.56 bits per heavy atom. The number of carbonyl (C=O) groups excluding carboxylic acids is 1. The largest absolute Gasteiger partial charge is 0.342 e. The van der Waals surface area contributed by atoms with E-state index in [0.717, 1.165) is 37.8 Å². The lowest BCUT2D eigenvalue weighted by Gasteiger charge is -2.34. The van der Waals surface area contributed by atoms with Crippen LogP contribution >= 0.6 is 0 Å². The molecule has 2 rings (SSSR count). The van der Waals surface area contributed by atoms with Gasteiger partial charge in [0.1, 0.15) is 0 Å². The standard InChI is InChI=1S/C12H21NO.C2H6/c1-9(2)10-5-7-13(8-6-10)12(14)11-3-4-11;1-2/h9-11H,3-8H2,1-2H3;1-2H3. The monoisotopic (exact) mass is 225 g/mol. The maximum absolute atomic E-state index is 11.8. The minimum absolute atomic E-state index is 0.408.